The quantitative estimate of drug-likeness (QED) is 0.333. The monoisotopic (exact) mass is 484 g/mol. The number of nitro benzene ring substituents is 1. The van der Waals surface area contributed by atoms with Gasteiger partial charge in [-0.25, -0.2) is 4.98 Å². The average molecular weight is 485 g/mol. The smallest absolute Gasteiger partial charge is 0.269 e. The van der Waals surface area contributed by atoms with Gasteiger partial charge in [-0.3, -0.25) is 19.7 Å². The summed E-state index contributed by atoms with van der Waals surface area (Å²) >= 11 is 0. The van der Waals surface area contributed by atoms with Crippen LogP contribution in [0.3, 0.4) is 0 Å². The molecule has 1 N–H and O–H groups in total. The number of carbonyl (C=O) groups excluding carboxylic acids is 2. The molecule has 0 spiro atoms. The molecule has 2 aromatic heterocycles. The van der Waals surface area contributed by atoms with Crippen LogP contribution >= 0.6 is 0 Å². The molecule has 0 radical (unpaired) electrons. The first-order valence-electron chi connectivity index (χ1n) is 11.9. The fourth-order valence-corrected chi connectivity index (χ4v) is 5.53. The lowest BCUT2D eigenvalue weighted by molar-refractivity contribution is -0.384. The molecule has 2 amide bonds. The van der Waals surface area contributed by atoms with Gasteiger partial charge in [0.1, 0.15) is 6.04 Å². The molecule has 0 saturated carbocycles. The summed E-state index contributed by atoms with van der Waals surface area (Å²) in [6.45, 7) is 1.16. The molecule has 6 rings (SSSR count). The van der Waals surface area contributed by atoms with Crippen LogP contribution in [0.15, 0.2) is 67.3 Å². The summed E-state index contributed by atoms with van der Waals surface area (Å²) in [6.07, 6.45) is 6.41. The van der Waals surface area contributed by atoms with E-state index < -0.39 is 17.0 Å². The van der Waals surface area contributed by atoms with E-state index in [9.17, 15) is 19.7 Å². The van der Waals surface area contributed by atoms with Gasteiger partial charge in [-0.1, -0.05) is 30.3 Å². The molecule has 4 aromatic rings. The van der Waals surface area contributed by atoms with Gasteiger partial charge in [-0.05, 0) is 23.6 Å². The van der Waals surface area contributed by atoms with Crippen molar-refractivity contribution < 1.29 is 14.5 Å². The van der Waals surface area contributed by atoms with Crippen LogP contribution in [0, 0.1) is 10.1 Å². The van der Waals surface area contributed by atoms with Gasteiger partial charge >= 0.3 is 0 Å². The van der Waals surface area contributed by atoms with E-state index >= 15 is 0 Å². The van der Waals surface area contributed by atoms with Gasteiger partial charge in [0.25, 0.3) is 5.69 Å². The van der Waals surface area contributed by atoms with Gasteiger partial charge in [0.2, 0.25) is 11.8 Å². The number of hydrogen-bond donors (Lipinski definition) is 1. The SMILES string of the molecule is O=C1[C@@H]2Cc3c([nH]c4ccccc34)[C@@H](c3cccc([N+](=O)[O-])c3)N2C(=O)CN1CCCn1ccnc1. The molecule has 0 unspecified atom stereocenters. The molecule has 2 atom stereocenters. The third kappa shape index (κ3) is 3.62. The number of aryl methyl sites for hydroxylation is 1. The summed E-state index contributed by atoms with van der Waals surface area (Å²) in [7, 11) is 0. The van der Waals surface area contributed by atoms with Crippen molar-refractivity contribution in [3.63, 3.8) is 0 Å². The van der Waals surface area contributed by atoms with Crippen LogP contribution < -0.4 is 0 Å². The van der Waals surface area contributed by atoms with Crippen molar-refractivity contribution in [2.24, 2.45) is 0 Å². The van der Waals surface area contributed by atoms with Crippen molar-refractivity contribution in [3.05, 3.63) is 94.2 Å². The van der Waals surface area contributed by atoms with Gasteiger partial charge in [-0.15, -0.1) is 0 Å². The highest BCUT2D eigenvalue weighted by Crippen LogP contribution is 2.43. The molecule has 2 aliphatic rings. The summed E-state index contributed by atoms with van der Waals surface area (Å²) in [5.74, 6) is -0.255. The predicted molar refractivity (Wildman–Crippen MR) is 131 cm³/mol. The van der Waals surface area contributed by atoms with E-state index in [-0.39, 0.29) is 24.0 Å². The Bertz CT molecular complexity index is 1480. The molecule has 36 heavy (non-hydrogen) atoms. The van der Waals surface area contributed by atoms with Crippen LogP contribution in [-0.2, 0) is 22.6 Å². The largest absolute Gasteiger partial charge is 0.356 e. The minimum absolute atomic E-state index is 0.0136. The topological polar surface area (TPSA) is 117 Å². The van der Waals surface area contributed by atoms with Crippen molar-refractivity contribution >= 4 is 28.4 Å². The number of fused-ring (bicyclic) bond motifs is 4. The molecular formula is C26H24N6O4. The Morgan fingerprint density at radius 1 is 1.11 bits per heavy atom. The fraction of sp³-hybridized carbons (Fsp3) is 0.269. The number of imidazole rings is 1. The van der Waals surface area contributed by atoms with Crippen LogP contribution in [-0.4, -0.2) is 60.2 Å². The van der Waals surface area contributed by atoms with Crippen LogP contribution in [0.5, 0.6) is 0 Å². The number of non-ortho nitro benzene ring substituents is 1. The molecule has 10 heteroatoms. The Labute approximate surface area is 206 Å². The lowest BCUT2D eigenvalue weighted by Crippen LogP contribution is -2.63. The lowest BCUT2D eigenvalue weighted by atomic mass is 9.86. The fourth-order valence-electron chi connectivity index (χ4n) is 5.53. The van der Waals surface area contributed by atoms with Crippen molar-refractivity contribution in [1.82, 2.24) is 24.3 Å². The second kappa shape index (κ2) is 8.63. The summed E-state index contributed by atoms with van der Waals surface area (Å²) in [6, 6.07) is 12.9. The molecule has 10 nitrogen and oxygen atoms in total. The summed E-state index contributed by atoms with van der Waals surface area (Å²) in [4.78, 5) is 49.1. The maximum atomic E-state index is 13.7. The predicted octanol–water partition coefficient (Wildman–Crippen LogP) is 3.05. The third-order valence-corrected chi connectivity index (χ3v) is 7.14. The van der Waals surface area contributed by atoms with Crippen molar-refractivity contribution in [1.29, 1.82) is 0 Å². The van der Waals surface area contributed by atoms with Gasteiger partial charge in [0.15, 0.2) is 0 Å². The molecule has 2 aromatic carbocycles. The molecule has 182 valence electrons. The van der Waals surface area contributed by atoms with E-state index in [0.717, 1.165) is 22.2 Å². The highest BCUT2D eigenvalue weighted by atomic mass is 16.6. The molecule has 1 fully saturated rings. The highest BCUT2D eigenvalue weighted by Gasteiger charge is 2.48. The van der Waals surface area contributed by atoms with Crippen molar-refractivity contribution in [2.75, 3.05) is 13.1 Å². The number of aromatic amines is 1. The van der Waals surface area contributed by atoms with E-state index in [2.05, 4.69) is 9.97 Å². The number of hydrogen-bond acceptors (Lipinski definition) is 5. The second-order valence-corrected chi connectivity index (χ2v) is 9.25. The zero-order chi connectivity index (χ0) is 24.8. The summed E-state index contributed by atoms with van der Waals surface area (Å²) in [5.41, 5.74) is 3.25. The number of nitrogens with one attached hydrogen (secondary N) is 1. The van der Waals surface area contributed by atoms with Crippen LogP contribution in [0.4, 0.5) is 5.69 Å². The summed E-state index contributed by atoms with van der Waals surface area (Å²) < 4.78 is 1.94. The molecule has 4 heterocycles. The molecule has 1 saturated heterocycles. The van der Waals surface area contributed by atoms with Crippen molar-refractivity contribution in [2.45, 2.75) is 31.5 Å². The standard InChI is InChI=1S/C26H24N6O4/c33-23-15-30(11-4-10-29-12-9-27-16-29)26(34)22-14-20-19-7-1-2-8-21(19)28-24(20)25(31(22)23)17-5-3-6-18(13-17)32(35)36/h1-3,5-9,12-13,16,22,25,28H,4,10-11,14-15H2/t22-,25+/m0/s1. The minimum Gasteiger partial charge on any atom is -0.356 e. The number of amides is 2. The first-order chi connectivity index (χ1) is 17.5. The second-order valence-electron chi connectivity index (χ2n) is 9.25. The van der Waals surface area contributed by atoms with E-state index in [0.29, 0.717) is 31.5 Å². The Kier molecular flexibility index (Phi) is 5.28. The first kappa shape index (κ1) is 22.0. The number of para-hydroxylation sites is 1. The molecule has 0 aliphatic carbocycles. The zero-order valence-corrected chi connectivity index (χ0v) is 19.4. The maximum absolute atomic E-state index is 13.7. The number of H-pyrrole nitrogens is 1. The number of rotatable bonds is 6. The Balaban J connectivity index is 1.39. The molecule has 2 aliphatic heterocycles. The van der Waals surface area contributed by atoms with Crippen LogP contribution in [0.1, 0.15) is 29.3 Å². The van der Waals surface area contributed by atoms with Crippen molar-refractivity contribution in [3.8, 4) is 0 Å². The van der Waals surface area contributed by atoms with E-state index in [1.54, 1.807) is 34.5 Å². The Morgan fingerprint density at radius 3 is 2.78 bits per heavy atom. The highest BCUT2D eigenvalue weighted by molar-refractivity contribution is 5.97. The number of nitro groups is 1. The van der Waals surface area contributed by atoms with Crippen LogP contribution in [0.25, 0.3) is 10.9 Å². The van der Waals surface area contributed by atoms with Gasteiger partial charge in [0, 0.05) is 60.6 Å². The van der Waals surface area contributed by atoms with Crippen LogP contribution in [0.2, 0.25) is 0 Å². The minimum atomic E-state index is -0.671. The number of carbonyl (C=O) groups is 2. The average Bonchev–Trinajstić information content (AvgIpc) is 3.53. The van der Waals surface area contributed by atoms with E-state index in [4.69, 9.17) is 0 Å². The normalized spacial score (nSPS) is 19.4. The number of aromatic nitrogens is 3. The number of nitrogens with zero attached hydrogens (tertiary/aromatic N) is 5. The number of piperazine rings is 1. The Hall–Kier alpha value is -4.47. The molecular weight excluding hydrogens is 460 g/mol. The van der Waals surface area contributed by atoms with E-state index in [1.807, 2.05) is 35.0 Å². The zero-order valence-electron chi connectivity index (χ0n) is 19.4. The first-order valence-corrected chi connectivity index (χ1v) is 11.9. The lowest BCUT2D eigenvalue weighted by Gasteiger charge is -2.47. The van der Waals surface area contributed by atoms with Gasteiger partial charge < -0.3 is 19.4 Å². The number of benzene rings is 2. The van der Waals surface area contributed by atoms with Gasteiger partial charge in [-0.2, -0.15) is 0 Å². The van der Waals surface area contributed by atoms with E-state index in [1.165, 1.54) is 12.1 Å². The maximum Gasteiger partial charge on any atom is 0.269 e. The van der Waals surface area contributed by atoms with Gasteiger partial charge in [0.05, 0.1) is 23.8 Å². The third-order valence-electron chi connectivity index (χ3n) is 7.14. The molecule has 0 bridgehead atoms. The Morgan fingerprint density at radius 2 is 1.97 bits per heavy atom. The summed E-state index contributed by atoms with van der Waals surface area (Å²) in [5, 5.41) is 12.5.